The van der Waals surface area contributed by atoms with Gasteiger partial charge in [0, 0.05) is 16.2 Å². The monoisotopic (exact) mass is 292 g/mol. The summed E-state index contributed by atoms with van der Waals surface area (Å²) in [6.07, 6.45) is 0. The number of carbonyl (C=O) groups is 1. The smallest absolute Gasteiger partial charge is 0.342 e. The molecule has 0 saturated carbocycles. The third-order valence-electron chi connectivity index (χ3n) is 3.20. The summed E-state index contributed by atoms with van der Waals surface area (Å²) in [5.74, 6) is 0.223. The highest BCUT2D eigenvalue weighted by Crippen LogP contribution is 2.37. The van der Waals surface area contributed by atoms with Gasteiger partial charge in [0.15, 0.2) is 0 Å². The molecule has 0 saturated heterocycles. The Hall–Kier alpha value is -2.01. The van der Waals surface area contributed by atoms with Crippen molar-refractivity contribution in [3.63, 3.8) is 0 Å². The first-order valence-electron chi connectivity index (χ1n) is 6.11. The summed E-state index contributed by atoms with van der Waals surface area (Å²) in [7, 11) is 2.92. The van der Waals surface area contributed by atoms with Gasteiger partial charge in [0.2, 0.25) is 0 Å². The Labute approximate surface area is 121 Å². The quantitative estimate of drug-likeness (QED) is 0.877. The summed E-state index contributed by atoms with van der Waals surface area (Å²) in [5.41, 5.74) is 1.29. The van der Waals surface area contributed by atoms with Crippen LogP contribution in [0.3, 0.4) is 0 Å². The molecule has 20 heavy (non-hydrogen) atoms. The molecule has 1 aromatic heterocycles. The molecule has 0 spiro atoms. The van der Waals surface area contributed by atoms with Crippen LogP contribution in [0.25, 0.3) is 0 Å². The van der Waals surface area contributed by atoms with E-state index >= 15 is 0 Å². The van der Waals surface area contributed by atoms with Crippen molar-refractivity contribution in [1.29, 1.82) is 0 Å². The first-order valence-corrected chi connectivity index (χ1v) is 6.99. The van der Waals surface area contributed by atoms with Crippen LogP contribution in [-0.4, -0.2) is 25.3 Å². The second kappa shape index (κ2) is 5.96. The molecule has 0 aliphatic rings. The summed E-state index contributed by atoms with van der Waals surface area (Å²) in [4.78, 5) is 12.5. The predicted octanol–water partition coefficient (Wildman–Crippen LogP) is 3.40. The number of aromatic hydroxyl groups is 1. The number of rotatable bonds is 4. The van der Waals surface area contributed by atoms with Gasteiger partial charge in [-0.05, 0) is 17.7 Å². The Kier molecular flexibility index (Phi) is 4.29. The lowest BCUT2D eigenvalue weighted by Gasteiger charge is -2.12. The highest BCUT2D eigenvalue weighted by molar-refractivity contribution is 7.10. The highest BCUT2D eigenvalue weighted by Gasteiger charge is 2.24. The third kappa shape index (κ3) is 2.63. The van der Waals surface area contributed by atoms with Crippen LogP contribution in [0.1, 0.15) is 33.6 Å². The number of methoxy groups -OCH3 is 2. The molecule has 0 amide bonds. The normalized spacial score (nSPS) is 11.9. The molecule has 5 heteroatoms. The number of ether oxygens (including phenoxy) is 2. The molecule has 0 radical (unpaired) electrons. The first-order chi connectivity index (χ1) is 9.58. The molecule has 0 aliphatic carbocycles. The lowest BCUT2D eigenvalue weighted by Crippen LogP contribution is -2.06. The lowest BCUT2D eigenvalue weighted by molar-refractivity contribution is 0.0597. The van der Waals surface area contributed by atoms with Crippen molar-refractivity contribution in [3.8, 4) is 11.5 Å². The number of thiophene rings is 1. The fourth-order valence-corrected chi connectivity index (χ4v) is 3.04. The van der Waals surface area contributed by atoms with Crippen molar-refractivity contribution in [2.45, 2.75) is 12.8 Å². The molecule has 1 aromatic carbocycles. The van der Waals surface area contributed by atoms with Crippen LogP contribution in [-0.2, 0) is 4.74 Å². The molecular formula is C15H16O4S. The van der Waals surface area contributed by atoms with E-state index in [-0.39, 0.29) is 17.2 Å². The van der Waals surface area contributed by atoms with Crippen LogP contribution in [0, 0.1) is 0 Å². The zero-order chi connectivity index (χ0) is 14.7. The number of carbonyl (C=O) groups excluding carboxylic acids is 1. The number of benzene rings is 1. The van der Waals surface area contributed by atoms with Gasteiger partial charge in [-0.15, -0.1) is 11.3 Å². The Morgan fingerprint density at radius 1 is 1.25 bits per heavy atom. The molecule has 1 N–H and O–H groups in total. The van der Waals surface area contributed by atoms with E-state index in [1.165, 1.54) is 18.4 Å². The molecule has 106 valence electrons. The molecule has 0 bridgehead atoms. The van der Waals surface area contributed by atoms with Gasteiger partial charge in [-0.2, -0.15) is 0 Å². The van der Waals surface area contributed by atoms with E-state index in [4.69, 9.17) is 9.47 Å². The van der Waals surface area contributed by atoms with Crippen molar-refractivity contribution < 1.29 is 19.4 Å². The standard InChI is InChI=1S/C15H16O4S/c1-9(10-4-6-11(18-2)7-5-10)14-13(15(17)19-3)12(16)8-20-14/h4-9,16H,1-3H3. The molecular weight excluding hydrogens is 276 g/mol. The maximum absolute atomic E-state index is 11.8. The number of hydrogen-bond donors (Lipinski definition) is 1. The van der Waals surface area contributed by atoms with Crippen LogP contribution < -0.4 is 4.74 Å². The Bertz CT molecular complexity index is 601. The SMILES string of the molecule is COC(=O)c1c(O)csc1C(C)c1ccc(OC)cc1. The summed E-state index contributed by atoms with van der Waals surface area (Å²) < 4.78 is 9.85. The van der Waals surface area contributed by atoms with Crippen molar-refractivity contribution >= 4 is 17.3 Å². The highest BCUT2D eigenvalue weighted by atomic mass is 32.1. The fraction of sp³-hybridized carbons (Fsp3) is 0.267. The molecule has 0 fully saturated rings. The van der Waals surface area contributed by atoms with Crippen molar-refractivity contribution in [2.75, 3.05) is 14.2 Å². The van der Waals surface area contributed by atoms with Crippen LogP contribution in [0.5, 0.6) is 11.5 Å². The zero-order valence-electron chi connectivity index (χ0n) is 11.5. The van der Waals surface area contributed by atoms with E-state index in [0.717, 1.165) is 16.2 Å². The van der Waals surface area contributed by atoms with E-state index in [0.29, 0.717) is 0 Å². The maximum Gasteiger partial charge on any atom is 0.342 e. The van der Waals surface area contributed by atoms with Crippen LogP contribution in [0.2, 0.25) is 0 Å². The van der Waals surface area contributed by atoms with E-state index < -0.39 is 5.97 Å². The van der Waals surface area contributed by atoms with Crippen molar-refractivity contribution in [3.05, 3.63) is 45.6 Å². The second-order valence-corrected chi connectivity index (χ2v) is 5.26. The number of esters is 1. The topological polar surface area (TPSA) is 55.8 Å². The minimum absolute atomic E-state index is 0.0130. The van der Waals surface area contributed by atoms with Crippen LogP contribution in [0.15, 0.2) is 29.6 Å². The van der Waals surface area contributed by atoms with Gasteiger partial charge in [0.05, 0.1) is 14.2 Å². The van der Waals surface area contributed by atoms with Gasteiger partial charge in [0.1, 0.15) is 17.1 Å². The number of hydrogen-bond acceptors (Lipinski definition) is 5. The summed E-state index contributed by atoms with van der Waals surface area (Å²) in [5, 5.41) is 11.4. The Morgan fingerprint density at radius 3 is 2.45 bits per heavy atom. The van der Waals surface area contributed by atoms with Gasteiger partial charge in [0.25, 0.3) is 0 Å². The van der Waals surface area contributed by atoms with Crippen LogP contribution in [0.4, 0.5) is 0 Å². The maximum atomic E-state index is 11.8. The third-order valence-corrected chi connectivity index (χ3v) is 4.35. The van der Waals surface area contributed by atoms with E-state index in [9.17, 15) is 9.90 Å². The second-order valence-electron chi connectivity index (χ2n) is 4.35. The molecule has 2 rings (SSSR count). The summed E-state index contributed by atoms with van der Waals surface area (Å²) in [6, 6.07) is 7.64. The Balaban J connectivity index is 2.37. The van der Waals surface area contributed by atoms with Crippen molar-refractivity contribution in [2.24, 2.45) is 0 Å². The fourth-order valence-electron chi connectivity index (χ4n) is 2.03. The summed E-state index contributed by atoms with van der Waals surface area (Å²) >= 11 is 1.35. The average Bonchev–Trinajstić information content (AvgIpc) is 2.87. The van der Waals surface area contributed by atoms with Gasteiger partial charge in [-0.1, -0.05) is 19.1 Å². The Morgan fingerprint density at radius 2 is 1.90 bits per heavy atom. The molecule has 1 unspecified atom stereocenters. The molecule has 4 nitrogen and oxygen atoms in total. The first kappa shape index (κ1) is 14.4. The minimum Gasteiger partial charge on any atom is -0.506 e. The van der Waals surface area contributed by atoms with Crippen molar-refractivity contribution in [1.82, 2.24) is 0 Å². The van der Waals surface area contributed by atoms with Crippen LogP contribution >= 0.6 is 11.3 Å². The van der Waals surface area contributed by atoms with Gasteiger partial charge < -0.3 is 14.6 Å². The van der Waals surface area contributed by atoms with Gasteiger partial charge >= 0.3 is 5.97 Å². The van der Waals surface area contributed by atoms with E-state index in [1.54, 1.807) is 12.5 Å². The van der Waals surface area contributed by atoms with E-state index in [1.807, 2.05) is 31.2 Å². The minimum atomic E-state index is -0.515. The largest absolute Gasteiger partial charge is 0.506 e. The molecule has 1 atom stereocenters. The van der Waals surface area contributed by atoms with E-state index in [2.05, 4.69) is 0 Å². The van der Waals surface area contributed by atoms with Gasteiger partial charge in [-0.25, -0.2) is 4.79 Å². The van der Waals surface area contributed by atoms with Gasteiger partial charge in [-0.3, -0.25) is 0 Å². The summed E-state index contributed by atoms with van der Waals surface area (Å²) in [6.45, 7) is 1.99. The predicted molar refractivity (Wildman–Crippen MR) is 77.8 cm³/mol. The molecule has 0 aliphatic heterocycles. The average molecular weight is 292 g/mol. The lowest BCUT2D eigenvalue weighted by atomic mass is 9.96. The zero-order valence-corrected chi connectivity index (χ0v) is 12.4. The molecule has 2 aromatic rings. The molecule has 1 heterocycles.